The van der Waals surface area contributed by atoms with Crippen LogP contribution in [0.5, 0.6) is 0 Å². The van der Waals surface area contributed by atoms with E-state index in [1.807, 2.05) is 0 Å². The summed E-state index contributed by atoms with van der Waals surface area (Å²) in [5.41, 5.74) is 0. The van der Waals surface area contributed by atoms with Crippen molar-refractivity contribution in [1.29, 1.82) is 0 Å². The lowest BCUT2D eigenvalue weighted by molar-refractivity contribution is -0.647. The summed E-state index contributed by atoms with van der Waals surface area (Å²) < 4.78 is 23.4. The van der Waals surface area contributed by atoms with Crippen LogP contribution < -0.4 is 0 Å². The van der Waals surface area contributed by atoms with Gasteiger partial charge in [0, 0.05) is 0 Å². The zero-order valence-electron chi connectivity index (χ0n) is 4.49. The molecule has 0 atom stereocenters. The Labute approximate surface area is 52.9 Å². The van der Waals surface area contributed by atoms with Gasteiger partial charge in [-0.05, 0) is 0 Å². The first kappa shape index (κ1) is 8.66. The van der Waals surface area contributed by atoms with Crippen molar-refractivity contribution in [3.63, 3.8) is 0 Å². The van der Waals surface area contributed by atoms with E-state index in [-0.39, 0.29) is 0 Å². The lowest BCUT2D eigenvalue weighted by atomic mass is 10.6. The third-order valence-corrected chi connectivity index (χ3v) is 0.558. The molecule has 8 heteroatoms. The average Bonchev–Trinajstić information content (AvgIpc) is 1.84. The molecular weight excluding hydrogens is 154 g/mol. The Balaban J connectivity index is 3.86. The van der Waals surface area contributed by atoms with E-state index in [4.69, 9.17) is 4.91 Å². The Morgan fingerprint density at radius 3 is 2.50 bits per heavy atom. The minimum Gasteiger partial charge on any atom is -0.349 e. The Kier molecular flexibility index (Phi) is 2.59. The zero-order valence-corrected chi connectivity index (χ0v) is 4.49. The van der Waals surface area contributed by atoms with Gasteiger partial charge in [0.05, 0.1) is 4.92 Å². The summed E-state index contributed by atoms with van der Waals surface area (Å²) in [5, 5.41) is 10.9. The van der Waals surface area contributed by atoms with Crippen molar-refractivity contribution in [3.8, 4) is 0 Å². The normalized spacial score (nSPS) is 10.6. The minimum atomic E-state index is -4.24. The van der Waals surface area contributed by atoms with E-state index in [0.717, 1.165) is 0 Å². The zero-order chi connectivity index (χ0) is 8.20. The van der Waals surface area contributed by atoms with Gasteiger partial charge in [0.2, 0.25) is 0 Å². The van der Waals surface area contributed by atoms with Gasteiger partial charge >= 0.3 is 6.05 Å². The summed E-state index contributed by atoms with van der Waals surface area (Å²) in [6.45, 7) is -1.64. The van der Waals surface area contributed by atoms with Gasteiger partial charge in [-0.15, -0.1) is 13.7 Å². The molecule has 0 N–H and O–H groups in total. The minimum absolute atomic E-state index is 1.57. The molecule has 0 radical (unpaired) electrons. The van der Waals surface area contributed by atoms with Crippen LogP contribution >= 0.6 is 0 Å². The highest BCUT2D eigenvalue weighted by Gasteiger charge is 2.45. The first-order chi connectivity index (χ1) is 4.50. The van der Waals surface area contributed by atoms with Crippen LogP contribution in [-0.2, 0) is 4.84 Å². The maximum Gasteiger partial charge on any atom is 0.548 e. The molecule has 0 unspecified atom stereocenters. The molecular formula is C2H2F2N2O4. The molecule has 0 amide bonds. The number of alkyl halides is 2. The van der Waals surface area contributed by atoms with E-state index in [1.165, 1.54) is 0 Å². The van der Waals surface area contributed by atoms with Crippen molar-refractivity contribution < 1.29 is 18.5 Å². The van der Waals surface area contributed by atoms with Crippen molar-refractivity contribution in [2.24, 2.45) is 5.34 Å². The summed E-state index contributed by atoms with van der Waals surface area (Å²) in [6, 6.07) is -4.24. The first-order valence-electron chi connectivity index (χ1n) is 1.97. The van der Waals surface area contributed by atoms with E-state index >= 15 is 0 Å². The third-order valence-electron chi connectivity index (χ3n) is 0.558. The summed E-state index contributed by atoms with van der Waals surface area (Å²) in [6.07, 6.45) is 0. The maximum atomic E-state index is 11.7. The SMILES string of the molecule is O=NOCC(F)(F)[N+](=O)[O-]. The Bertz CT molecular complexity index is 148. The van der Waals surface area contributed by atoms with E-state index in [1.54, 1.807) is 5.34 Å². The third kappa shape index (κ3) is 2.29. The van der Waals surface area contributed by atoms with Crippen LogP contribution in [0.4, 0.5) is 8.78 Å². The molecule has 58 valence electrons. The topological polar surface area (TPSA) is 81.8 Å². The molecule has 0 bridgehead atoms. The summed E-state index contributed by atoms with van der Waals surface area (Å²) in [5.74, 6) is 0. The summed E-state index contributed by atoms with van der Waals surface area (Å²) in [7, 11) is 0. The fraction of sp³-hybridized carbons (Fsp3) is 1.00. The van der Waals surface area contributed by atoms with Gasteiger partial charge in [0.25, 0.3) is 6.61 Å². The highest BCUT2D eigenvalue weighted by molar-refractivity contribution is 4.45. The highest BCUT2D eigenvalue weighted by atomic mass is 19.3. The number of hydrogen-bond acceptors (Lipinski definition) is 5. The maximum absolute atomic E-state index is 11.7. The lowest BCUT2D eigenvalue weighted by Crippen LogP contribution is -2.32. The Morgan fingerprint density at radius 1 is 1.70 bits per heavy atom. The van der Waals surface area contributed by atoms with Crippen LogP contribution in [0.15, 0.2) is 5.34 Å². The lowest BCUT2D eigenvalue weighted by Gasteiger charge is -2.02. The predicted octanol–water partition coefficient (Wildman–Crippen LogP) is 0.554. The number of nitro groups is 1. The highest BCUT2D eigenvalue weighted by Crippen LogP contribution is 2.13. The van der Waals surface area contributed by atoms with Crippen molar-refractivity contribution >= 4 is 0 Å². The van der Waals surface area contributed by atoms with Crippen molar-refractivity contribution in [3.05, 3.63) is 15.0 Å². The van der Waals surface area contributed by atoms with E-state index in [0.29, 0.717) is 0 Å². The van der Waals surface area contributed by atoms with Gasteiger partial charge in [0.15, 0.2) is 5.34 Å². The van der Waals surface area contributed by atoms with Gasteiger partial charge in [-0.25, -0.2) is 0 Å². The largest absolute Gasteiger partial charge is 0.548 e. The molecule has 0 spiro atoms. The molecule has 0 rings (SSSR count). The molecule has 0 aliphatic heterocycles. The molecule has 0 saturated heterocycles. The molecule has 6 nitrogen and oxygen atoms in total. The molecule has 0 aliphatic carbocycles. The second kappa shape index (κ2) is 2.99. The van der Waals surface area contributed by atoms with E-state index in [9.17, 15) is 18.9 Å². The predicted molar refractivity (Wildman–Crippen MR) is 23.7 cm³/mol. The van der Waals surface area contributed by atoms with Crippen LogP contribution in [-0.4, -0.2) is 17.6 Å². The number of hydrogen-bond donors (Lipinski definition) is 0. The van der Waals surface area contributed by atoms with Crippen LogP contribution in [0.3, 0.4) is 0 Å². The quantitative estimate of drug-likeness (QED) is 0.257. The monoisotopic (exact) mass is 156 g/mol. The molecule has 0 aromatic carbocycles. The van der Waals surface area contributed by atoms with Crippen LogP contribution in [0.2, 0.25) is 0 Å². The van der Waals surface area contributed by atoms with Gasteiger partial charge < -0.3 is 4.84 Å². The smallest absolute Gasteiger partial charge is 0.349 e. The van der Waals surface area contributed by atoms with E-state index < -0.39 is 17.6 Å². The van der Waals surface area contributed by atoms with Crippen molar-refractivity contribution in [1.82, 2.24) is 0 Å². The molecule has 0 aromatic heterocycles. The average molecular weight is 156 g/mol. The summed E-state index contributed by atoms with van der Waals surface area (Å²) >= 11 is 0. The first-order valence-corrected chi connectivity index (χ1v) is 1.97. The van der Waals surface area contributed by atoms with Gasteiger partial charge in [-0.1, -0.05) is 0 Å². The molecule has 0 aliphatic rings. The Morgan fingerprint density at radius 2 is 2.20 bits per heavy atom. The van der Waals surface area contributed by atoms with Gasteiger partial charge in [-0.2, -0.15) is 0 Å². The Hall–Kier alpha value is -1.34. The standard InChI is InChI=1S/C2H2F2N2O4/c3-2(4,6(8)9)1-10-5-7/h1H2. The van der Waals surface area contributed by atoms with Gasteiger partial charge in [-0.3, -0.25) is 10.1 Å². The number of rotatable bonds is 4. The van der Waals surface area contributed by atoms with Crippen molar-refractivity contribution in [2.75, 3.05) is 6.61 Å². The van der Waals surface area contributed by atoms with Crippen molar-refractivity contribution in [2.45, 2.75) is 6.05 Å². The molecule has 0 fully saturated rings. The molecule has 0 aromatic rings. The van der Waals surface area contributed by atoms with Gasteiger partial charge in [0.1, 0.15) is 0 Å². The number of nitrogens with zero attached hydrogens (tertiary/aromatic N) is 2. The fourth-order valence-corrected chi connectivity index (χ4v) is 0.157. The fourth-order valence-electron chi connectivity index (χ4n) is 0.157. The van der Waals surface area contributed by atoms with E-state index in [2.05, 4.69) is 4.84 Å². The molecule has 0 heterocycles. The molecule has 10 heavy (non-hydrogen) atoms. The second-order valence-corrected chi connectivity index (χ2v) is 1.27. The molecule has 0 saturated carbocycles. The van der Waals surface area contributed by atoms with Crippen LogP contribution in [0.25, 0.3) is 0 Å². The van der Waals surface area contributed by atoms with Crippen LogP contribution in [0, 0.1) is 15.0 Å². The second-order valence-electron chi connectivity index (χ2n) is 1.27. The number of halogens is 2. The summed E-state index contributed by atoms with van der Waals surface area (Å²) in [4.78, 5) is 19.8. The van der Waals surface area contributed by atoms with Crippen LogP contribution in [0.1, 0.15) is 0 Å².